The molecule has 4 heterocycles. The summed E-state index contributed by atoms with van der Waals surface area (Å²) in [5.41, 5.74) is 11.6. The molecule has 7 aliphatic rings. The number of carboxylic acids is 1. The van der Waals surface area contributed by atoms with E-state index in [2.05, 4.69) is 95.7 Å². The quantitative estimate of drug-likeness (QED) is 0.0448. The van der Waals surface area contributed by atoms with Gasteiger partial charge in [0.25, 0.3) is 0 Å². The lowest BCUT2D eigenvalue weighted by molar-refractivity contribution is -0.970. The van der Waals surface area contributed by atoms with E-state index in [4.69, 9.17) is 16.2 Å². The molecule has 7 rings (SSSR count). The number of carboxylic acid groups (broad SMARTS) is 1. The van der Waals surface area contributed by atoms with E-state index in [1.807, 2.05) is 6.08 Å². The van der Waals surface area contributed by atoms with Crippen LogP contribution < -0.4 is 85.3 Å². The first-order chi connectivity index (χ1) is 56.8. The molecule has 0 aromatic rings. The van der Waals surface area contributed by atoms with Gasteiger partial charge < -0.3 is 141 Å². The number of hydrogen-bond donors (Lipinski definition) is 25. The Hall–Kier alpha value is -8.03. The van der Waals surface area contributed by atoms with Gasteiger partial charge in [-0.25, -0.2) is 4.90 Å². The smallest absolute Gasteiger partial charge is 0.248 e. The van der Waals surface area contributed by atoms with Crippen LogP contribution in [0.25, 0.3) is 0 Å². The predicted molar refractivity (Wildman–Crippen MR) is 422 cm³/mol. The minimum Gasteiger partial charge on any atom is -0.548 e. The van der Waals surface area contributed by atoms with Crippen molar-refractivity contribution in [1.82, 2.24) is 68.7 Å². The van der Waals surface area contributed by atoms with Crippen molar-refractivity contribution in [3.8, 4) is 0 Å². The number of nitrogens with zero attached hydrogens (tertiary/aromatic N) is 1. The van der Waals surface area contributed by atoms with Crippen LogP contribution in [0.1, 0.15) is 149 Å². The Morgan fingerprint density at radius 1 is 0.567 bits per heavy atom. The van der Waals surface area contributed by atoms with E-state index in [9.17, 15) is 114 Å². The van der Waals surface area contributed by atoms with Crippen LogP contribution in [0.4, 0.5) is 0 Å². The number of quaternary nitrogens is 1. The minimum atomic E-state index is -2.68. The summed E-state index contributed by atoms with van der Waals surface area (Å²) < 4.78 is 6.03. The van der Waals surface area contributed by atoms with E-state index in [-0.39, 0.29) is 40.3 Å². The fraction of sp³-hybridized carbons (Fsp3) is 0.747. The van der Waals surface area contributed by atoms with Gasteiger partial charge in [-0.3, -0.25) is 72.0 Å². The van der Waals surface area contributed by atoms with Gasteiger partial charge in [0.2, 0.25) is 88.9 Å². The summed E-state index contributed by atoms with van der Waals surface area (Å²) in [5, 5.41) is 154. The number of amides is 14. The topological polar surface area (TPSA) is 695 Å². The Balaban J connectivity index is 1.40. The molecule has 3 saturated carbocycles. The van der Waals surface area contributed by atoms with Crippen molar-refractivity contribution < 1.29 is 138 Å². The zero-order valence-electron chi connectivity index (χ0n) is 66.8. The van der Waals surface area contributed by atoms with Crippen LogP contribution in [0.15, 0.2) is 23.8 Å². The molecule has 674 valence electrons. The van der Waals surface area contributed by atoms with Crippen molar-refractivity contribution in [3.63, 3.8) is 0 Å². The highest BCUT2D eigenvalue weighted by Gasteiger charge is 2.54. The van der Waals surface area contributed by atoms with Crippen molar-refractivity contribution in [2.75, 3.05) is 46.1 Å². The first kappa shape index (κ1) is 99.1. The highest BCUT2D eigenvalue weighted by atomic mass is 79.9. The van der Waals surface area contributed by atoms with Crippen LogP contribution in [0.5, 0.6) is 0 Å². The second kappa shape index (κ2) is 47.6. The van der Waals surface area contributed by atoms with Crippen molar-refractivity contribution in [3.05, 3.63) is 23.8 Å². The largest absolute Gasteiger partial charge is 0.548 e. The molecule has 0 aromatic heterocycles. The maximum absolute atomic E-state index is 15.4. The summed E-state index contributed by atoms with van der Waals surface area (Å²) in [6, 6.07) is -23.8. The zero-order valence-corrected chi connectivity index (χ0v) is 70.0. The van der Waals surface area contributed by atoms with Crippen molar-refractivity contribution in [1.29, 1.82) is 0 Å². The molecule has 43 nitrogen and oxygen atoms in total. The number of aliphatic carboxylic acids is 1. The highest BCUT2D eigenvalue weighted by Crippen LogP contribution is 2.33. The lowest BCUT2D eigenvalue weighted by atomic mass is 9.84. The summed E-state index contributed by atoms with van der Waals surface area (Å²) in [6.45, 7) is -3.60. The first-order valence-corrected chi connectivity index (χ1v) is 42.4. The number of rotatable bonds is 18. The average Bonchev–Trinajstić information content (AvgIpc) is 1.57. The van der Waals surface area contributed by atoms with Crippen molar-refractivity contribution >= 4 is 121 Å². The summed E-state index contributed by atoms with van der Waals surface area (Å²) in [4.78, 5) is 216. The molecule has 4 saturated heterocycles. The monoisotopic (exact) mass is 1830 g/mol. The van der Waals surface area contributed by atoms with Crippen molar-refractivity contribution in [2.45, 2.75) is 286 Å². The van der Waals surface area contributed by atoms with E-state index in [0.29, 0.717) is 48.9 Å². The molecular weight excluding hydrogens is 1720 g/mol. The lowest BCUT2D eigenvalue weighted by Crippen LogP contribution is -3.20. The van der Waals surface area contributed by atoms with E-state index >= 15 is 14.4 Å². The summed E-state index contributed by atoms with van der Waals surface area (Å²) >= 11 is 7.21. The molecular formula is C75H118Br2N16O27. The fourth-order valence-corrected chi connectivity index (χ4v) is 17.1. The molecule has 0 aromatic carbocycles. The number of aliphatic hydroxyl groups is 10. The number of carbonyl (C=O) groups is 15. The predicted octanol–water partition coefficient (Wildman–Crippen LogP) is -11.9. The molecule has 14 amide bonds. The molecule has 27 N–H and O–H groups in total. The van der Waals surface area contributed by atoms with Gasteiger partial charge >= 0.3 is 0 Å². The van der Waals surface area contributed by atoms with Gasteiger partial charge in [0.05, 0.1) is 75.6 Å². The number of fused-ring (bicyclic) bond motifs is 2. The number of ether oxygens (including phenoxy) is 1. The Morgan fingerprint density at radius 3 is 1.72 bits per heavy atom. The summed E-state index contributed by atoms with van der Waals surface area (Å²) in [5.74, 6) is -21.0. The molecule has 3 aliphatic carbocycles. The Kier molecular flexibility index (Phi) is 39.3. The minimum absolute atomic E-state index is 0.0846. The normalized spacial score (nSPS) is 35.6. The number of alkyl halides is 2. The van der Waals surface area contributed by atoms with Gasteiger partial charge in [-0.15, -0.1) is 0 Å². The third kappa shape index (κ3) is 29.9. The van der Waals surface area contributed by atoms with Crippen LogP contribution in [0.3, 0.4) is 0 Å². The highest BCUT2D eigenvalue weighted by molar-refractivity contribution is 9.09. The average molecular weight is 1840 g/mol. The standard InChI is InChI=1S/C75H118Br2N16O27/c1-34(8-9-36-10-14-39(76)15-11-36)20-52(99)43-27-57(103)83-50(30-94)70(114)88-49-29-92-28-41(93(33-92)74-63(107)62(106)60(104)53(32-96)120-74)23-46(67(111)90-58(35(2)97)72(116)89-51(31-95)71(115)85-45(66(110)84-43)21-37-6-4-3-5-7-37)81-56(102)25-42(98)24-48(75(118)119)82-55(101)18-19-80-65(109)44(22-38-12-16-40(77)17-13-38)87-73(117)59(61(105)64(79)108)91-68(112)47(26-54(78)100)86-69(49)113/h8-9,20,35-53,58-63,74,94-99,104-107H,3-7,10-19,21-33H2,1-2H3,(H2,78,100)(H2,79,108)(H,80,109)(H,81,102)(H,82,101)(H,83,103)(H,84,110)(H,85,115)(H,86,113)(H,87,117)(H,88,114)(H,89,116)(H,90,111)(H,91,112)(H,118,119). The molecule has 23 atom stereocenters. The molecule has 4 bridgehead atoms. The molecule has 23 unspecified atom stereocenters. The number of hydrogen-bond acceptors (Lipinski definition) is 28. The molecule has 4 aliphatic heterocycles. The van der Waals surface area contributed by atoms with E-state index < -0.39 is 301 Å². The van der Waals surface area contributed by atoms with Gasteiger partial charge in [0.1, 0.15) is 85.4 Å². The summed E-state index contributed by atoms with van der Waals surface area (Å²) in [7, 11) is 0. The van der Waals surface area contributed by atoms with Crippen LogP contribution in [0, 0.1) is 17.8 Å². The summed E-state index contributed by atoms with van der Waals surface area (Å²) in [6.07, 6.45) is -10.3. The zero-order chi connectivity index (χ0) is 88.5. The van der Waals surface area contributed by atoms with Gasteiger partial charge in [-0.05, 0) is 102 Å². The number of carbonyl (C=O) groups excluding carboxylic acids is 15. The van der Waals surface area contributed by atoms with Gasteiger partial charge in [-0.1, -0.05) is 87.8 Å². The second-order valence-electron chi connectivity index (χ2n) is 32.4. The van der Waals surface area contributed by atoms with E-state index in [0.717, 1.165) is 51.9 Å². The Bertz CT molecular complexity index is 3640. The van der Waals surface area contributed by atoms with Gasteiger partial charge in [0, 0.05) is 42.0 Å². The number of nitrogens with two attached hydrogens (primary N) is 2. The number of aliphatic hydroxyl groups excluding tert-OH is 10. The van der Waals surface area contributed by atoms with E-state index in [1.165, 1.54) is 11.0 Å². The number of primary amides is 2. The van der Waals surface area contributed by atoms with Crippen LogP contribution in [-0.2, 0) is 76.7 Å². The van der Waals surface area contributed by atoms with Crippen LogP contribution in [-0.4, -0.2) is 328 Å². The number of nitrogens with one attached hydrogen (secondary N) is 13. The SMILES string of the molecule is CC(C=CC1CCC(Br)CC1)=CC(O)C1CC(=O)NC(CO)C(=O)NC2CN3CC(CC(NC(=O)CC(O)CC(C(=O)[O-])NC(=O)CCNC(=O)C(CC4CCC(Br)CC4)NC(=O)C(C(O)C(N)=O)NC(=O)C(CC(N)=O)NC2=O)C(=O)NC(C(C)O)C(=O)NC(CO)C(=O)NC(CC2CCCCC2)C(=O)N1)[NH+](C1OC(CO)C(O)C(O)C1O)C3. The molecule has 45 heteroatoms. The number of allylic oxidation sites excluding steroid dienone is 3. The third-order valence-corrected chi connectivity index (χ3v) is 24.7. The number of halogens is 2. The molecule has 7 fully saturated rings. The molecule has 120 heavy (non-hydrogen) atoms. The van der Waals surface area contributed by atoms with Crippen LogP contribution in [0.2, 0.25) is 0 Å². The maximum Gasteiger partial charge on any atom is 0.248 e. The first-order valence-electron chi connectivity index (χ1n) is 40.6. The third-order valence-electron chi connectivity index (χ3n) is 22.9. The fourth-order valence-electron chi connectivity index (χ4n) is 16.1. The van der Waals surface area contributed by atoms with Crippen molar-refractivity contribution in [2.24, 2.45) is 29.2 Å². The Morgan fingerprint density at radius 2 is 1.11 bits per heavy atom. The van der Waals surface area contributed by atoms with Gasteiger partial charge in [0.15, 0.2) is 12.2 Å². The maximum atomic E-state index is 15.4. The second-order valence-corrected chi connectivity index (χ2v) is 34.9. The Labute approximate surface area is 708 Å². The van der Waals surface area contributed by atoms with Crippen LogP contribution >= 0.6 is 31.9 Å². The van der Waals surface area contributed by atoms with Gasteiger partial charge in [-0.2, -0.15) is 0 Å². The van der Waals surface area contributed by atoms with E-state index in [1.54, 1.807) is 13.0 Å². The molecule has 0 spiro atoms. The lowest BCUT2D eigenvalue weighted by Gasteiger charge is -2.42. The molecule has 0 radical (unpaired) electrons.